The van der Waals surface area contributed by atoms with Crippen molar-refractivity contribution in [1.82, 2.24) is 20.6 Å². The molecular formula is C18H24N4O3. The van der Waals surface area contributed by atoms with Crippen molar-refractivity contribution in [2.75, 3.05) is 13.7 Å². The van der Waals surface area contributed by atoms with E-state index < -0.39 is 0 Å². The molecule has 25 heavy (non-hydrogen) atoms. The van der Waals surface area contributed by atoms with Gasteiger partial charge in [-0.15, -0.1) is 0 Å². The summed E-state index contributed by atoms with van der Waals surface area (Å²) >= 11 is 0. The standard InChI is InChI=1S/C18H24N4O3/c1-12(2)8-9-19-17(23)15-16(22-11-21-15)18(24)20-10-13-4-6-14(25-3)7-5-13/h4-7,11-12H,8-10H2,1-3H3,(H,19,23)(H,20,24)(H,21,22). The highest BCUT2D eigenvalue weighted by Crippen LogP contribution is 2.11. The minimum atomic E-state index is -0.373. The van der Waals surface area contributed by atoms with E-state index in [1.165, 1.54) is 6.33 Å². The number of nitrogens with one attached hydrogen (secondary N) is 3. The van der Waals surface area contributed by atoms with Crippen molar-refractivity contribution in [3.05, 3.63) is 47.5 Å². The number of ether oxygens (including phenoxy) is 1. The number of hydrogen-bond acceptors (Lipinski definition) is 4. The summed E-state index contributed by atoms with van der Waals surface area (Å²) in [4.78, 5) is 31.2. The van der Waals surface area contributed by atoms with Crippen LogP contribution in [0, 0.1) is 5.92 Å². The molecule has 0 bridgehead atoms. The van der Waals surface area contributed by atoms with E-state index in [1.807, 2.05) is 24.3 Å². The number of imidazole rings is 1. The Morgan fingerprint density at radius 2 is 1.88 bits per heavy atom. The van der Waals surface area contributed by atoms with Gasteiger partial charge in [0.15, 0.2) is 5.69 Å². The number of H-pyrrole nitrogens is 1. The van der Waals surface area contributed by atoms with E-state index in [0.29, 0.717) is 19.0 Å². The fourth-order valence-corrected chi connectivity index (χ4v) is 2.21. The minimum absolute atomic E-state index is 0.107. The van der Waals surface area contributed by atoms with Gasteiger partial charge in [0.25, 0.3) is 11.8 Å². The Labute approximate surface area is 147 Å². The summed E-state index contributed by atoms with van der Waals surface area (Å²) in [5.41, 5.74) is 1.20. The van der Waals surface area contributed by atoms with Crippen LogP contribution in [0.5, 0.6) is 5.75 Å². The van der Waals surface area contributed by atoms with Gasteiger partial charge in [-0.1, -0.05) is 26.0 Å². The Bertz CT molecular complexity index is 707. The van der Waals surface area contributed by atoms with E-state index in [2.05, 4.69) is 34.4 Å². The average Bonchev–Trinajstić information content (AvgIpc) is 3.09. The van der Waals surface area contributed by atoms with Gasteiger partial charge < -0.3 is 20.4 Å². The van der Waals surface area contributed by atoms with Crippen LogP contribution in [0.25, 0.3) is 0 Å². The first-order valence-corrected chi connectivity index (χ1v) is 8.24. The van der Waals surface area contributed by atoms with Gasteiger partial charge in [-0.2, -0.15) is 0 Å². The average molecular weight is 344 g/mol. The molecule has 134 valence electrons. The second-order valence-corrected chi connectivity index (χ2v) is 6.10. The SMILES string of the molecule is COc1ccc(CNC(=O)c2[nH]cnc2C(=O)NCCC(C)C)cc1. The summed E-state index contributed by atoms with van der Waals surface area (Å²) in [5.74, 6) is 0.523. The molecule has 2 rings (SSSR count). The number of rotatable bonds is 8. The molecule has 0 atom stereocenters. The molecule has 2 aromatic rings. The van der Waals surface area contributed by atoms with E-state index in [4.69, 9.17) is 4.74 Å². The third kappa shape index (κ3) is 5.34. The van der Waals surface area contributed by atoms with E-state index in [1.54, 1.807) is 7.11 Å². The highest BCUT2D eigenvalue weighted by atomic mass is 16.5. The first-order valence-electron chi connectivity index (χ1n) is 8.24. The van der Waals surface area contributed by atoms with Gasteiger partial charge in [-0.3, -0.25) is 9.59 Å². The number of nitrogens with zero attached hydrogens (tertiary/aromatic N) is 1. The quantitative estimate of drug-likeness (QED) is 0.683. The Balaban J connectivity index is 1.93. The fourth-order valence-electron chi connectivity index (χ4n) is 2.21. The first kappa shape index (κ1) is 18.5. The van der Waals surface area contributed by atoms with Crippen molar-refractivity contribution < 1.29 is 14.3 Å². The molecule has 0 spiro atoms. The third-order valence-electron chi connectivity index (χ3n) is 3.70. The largest absolute Gasteiger partial charge is 0.497 e. The predicted molar refractivity (Wildman–Crippen MR) is 94.5 cm³/mol. The van der Waals surface area contributed by atoms with Crippen molar-refractivity contribution in [2.24, 2.45) is 5.92 Å². The topological polar surface area (TPSA) is 96.1 Å². The summed E-state index contributed by atoms with van der Waals surface area (Å²) in [6, 6.07) is 7.38. The maximum atomic E-state index is 12.3. The van der Waals surface area contributed by atoms with Crippen LogP contribution in [-0.2, 0) is 6.54 Å². The van der Waals surface area contributed by atoms with Gasteiger partial charge in [0.2, 0.25) is 0 Å². The van der Waals surface area contributed by atoms with Crippen LogP contribution in [0.4, 0.5) is 0 Å². The summed E-state index contributed by atoms with van der Waals surface area (Å²) in [7, 11) is 1.60. The van der Waals surface area contributed by atoms with Gasteiger partial charge >= 0.3 is 0 Å². The van der Waals surface area contributed by atoms with E-state index in [-0.39, 0.29) is 23.2 Å². The van der Waals surface area contributed by atoms with Crippen molar-refractivity contribution in [1.29, 1.82) is 0 Å². The van der Waals surface area contributed by atoms with Crippen molar-refractivity contribution in [2.45, 2.75) is 26.8 Å². The number of carbonyl (C=O) groups is 2. The number of aromatic amines is 1. The molecule has 1 aromatic heterocycles. The Morgan fingerprint density at radius 1 is 1.16 bits per heavy atom. The third-order valence-corrected chi connectivity index (χ3v) is 3.70. The number of aromatic nitrogens is 2. The molecular weight excluding hydrogens is 320 g/mol. The molecule has 0 aliphatic rings. The van der Waals surface area contributed by atoms with Gasteiger partial charge in [0.1, 0.15) is 11.4 Å². The molecule has 0 fully saturated rings. The second-order valence-electron chi connectivity index (χ2n) is 6.10. The van der Waals surface area contributed by atoms with Gasteiger partial charge in [-0.05, 0) is 30.0 Å². The lowest BCUT2D eigenvalue weighted by atomic mass is 10.1. The van der Waals surface area contributed by atoms with Crippen LogP contribution in [0.1, 0.15) is 46.8 Å². The Morgan fingerprint density at radius 3 is 2.52 bits per heavy atom. The molecule has 1 aromatic carbocycles. The minimum Gasteiger partial charge on any atom is -0.497 e. The maximum Gasteiger partial charge on any atom is 0.272 e. The molecule has 1 heterocycles. The maximum absolute atomic E-state index is 12.3. The molecule has 0 unspecified atom stereocenters. The van der Waals surface area contributed by atoms with Crippen molar-refractivity contribution in [3.63, 3.8) is 0 Å². The van der Waals surface area contributed by atoms with Crippen LogP contribution in [0.15, 0.2) is 30.6 Å². The van der Waals surface area contributed by atoms with E-state index in [0.717, 1.165) is 17.7 Å². The Hall–Kier alpha value is -2.83. The van der Waals surface area contributed by atoms with Gasteiger partial charge in [0.05, 0.1) is 13.4 Å². The van der Waals surface area contributed by atoms with Crippen molar-refractivity contribution >= 4 is 11.8 Å². The van der Waals surface area contributed by atoms with Gasteiger partial charge in [0, 0.05) is 13.1 Å². The molecule has 7 nitrogen and oxygen atoms in total. The van der Waals surface area contributed by atoms with Crippen LogP contribution >= 0.6 is 0 Å². The summed E-state index contributed by atoms with van der Waals surface area (Å²) in [6.07, 6.45) is 2.22. The van der Waals surface area contributed by atoms with E-state index >= 15 is 0 Å². The zero-order valence-electron chi connectivity index (χ0n) is 14.8. The lowest BCUT2D eigenvalue weighted by molar-refractivity contribution is 0.0911. The molecule has 0 aliphatic carbocycles. The summed E-state index contributed by atoms with van der Waals surface area (Å²) in [6.45, 7) is 5.06. The zero-order chi connectivity index (χ0) is 18.2. The summed E-state index contributed by atoms with van der Waals surface area (Å²) < 4.78 is 5.10. The molecule has 0 saturated heterocycles. The fraction of sp³-hybridized carbons (Fsp3) is 0.389. The normalized spacial score (nSPS) is 10.6. The zero-order valence-corrected chi connectivity index (χ0v) is 14.8. The molecule has 0 saturated carbocycles. The summed E-state index contributed by atoms with van der Waals surface area (Å²) in [5, 5.41) is 5.56. The molecule has 7 heteroatoms. The monoisotopic (exact) mass is 344 g/mol. The molecule has 2 amide bonds. The highest BCUT2D eigenvalue weighted by Gasteiger charge is 2.19. The number of methoxy groups -OCH3 is 1. The number of benzene rings is 1. The lowest BCUT2D eigenvalue weighted by Crippen LogP contribution is -2.30. The Kier molecular flexibility index (Phi) is 6.56. The first-order chi connectivity index (χ1) is 12.0. The molecule has 0 radical (unpaired) electrons. The number of hydrogen-bond donors (Lipinski definition) is 3. The van der Waals surface area contributed by atoms with Crippen LogP contribution in [0.2, 0.25) is 0 Å². The molecule has 0 aliphatic heterocycles. The second kappa shape index (κ2) is 8.86. The van der Waals surface area contributed by atoms with Crippen LogP contribution in [0.3, 0.4) is 0 Å². The van der Waals surface area contributed by atoms with Crippen molar-refractivity contribution in [3.8, 4) is 5.75 Å². The van der Waals surface area contributed by atoms with E-state index in [9.17, 15) is 9.59 Å². The van der Waals surface area contributed by atoms with Gasteiger partial charge in [-0.25, -0.2) is 4.98 Å². The van der Waals surface area contributed by atoms with Crippen LogP contribution < -0.4 is 15.4 Å². The lowest BCUT2D eigenvalue weighted by Gasteiger charge is -2.08. The predicted octanol–water partition coefficient (Wildman–Crippen LogP) is 2.12. The smallest absolute Gasteiger partial charge is 0.272 e. The number of carbonyl (C=O) groups excluding carboxylic acids is 2. The highest BCUT2D eigenvalue weighted by molar-refractivity contribution is 6.04. The van der Waals surface area contributed by atoms with Crippen LogP contribution in [-0.4, -0.2) is 35.4 Å². The number of amides is 2. The molecule has 3 N–H and O–H groups in total.